The summed E-state index contributed by atoms with van der Waals surface area (Å²) in [6.45, 7) is 0.540. The van der Waals surface area contributed by atoms with Crippen molar-refractivity contribution in [3.05, 3.63) is 106 Å². The van der Waals surface area contributed by atoms with Crippen molar-refractivity contribution >= 4 is 17.5 Å². The van der Waals surface area contributed by atoms with Crippen molar-refractivity contribution in [3.63, 3.8) is 0 Å². The van der Waals surface area contributed by atoms with Crippen LogP contribution in [0.2, 0.25) is 5.02 Å². The second-order valence-electron chi connectivity index (χ2n) is 5.79. The summed E-state index contributed by atoms with van der Waals surface area (Å²) >= 11 is 6.12. The van der Waals surface area contributed by atoms with E-state index in [-0.39, 0.29) is 5.91 Å². The highest BCUT2D eigenvalue weighted by Gasteiger charge is 2.05. The van der Waals surface area contributed by atoms with E-state index in [1.807, 2.05) is 66.7 Å². The zero-order chi connectivity index (χ0) is 18.2. The summed E-state index contributed by atoms with van der Waals surface area (Å²) in [6, 6.07) is 24.8. The van der Waals surface area contributed by atoms with Gasteiger partial charge in [-0.3, -0.25) is 4.79 Å². The summed E-state index contributed by atoms with van der Waals surface area (Å²) in [6.07, 6.45) is 0.700. The van der Waals surface area contributed by atoms with Gasteiger partial charge in [-0.1, -0.05) is 59.8 Å². The first-order valence-corrected chi connectivity index (χ1v) is 8.79. The predicted molar refractivity (Wildman–Crippen MR) is 106 cm³/mol. The molecule has 0 saturated heterocycles. The summed E-state index contributed by atoms with van der Waals surface area (Å²) in [5.74, 6) is 6.11. The van der Waals surface area contributed by atoms with Crippen LogP contribution in [0, 0.1) is 11.8 Å². The lowest BCUT2D eigenvalue weighted by Gasteiger charge is -2.07. The van der Waals surface area contributed by atoms with E-state index in [0.29, 0.717) is 18.5 Å². The third-order valence-electron chi connectivity index (χ3n) is 3.91. The molecule has 0 atom stereocenters. The molecule has 0 unspecified atom stereocenters. The summed E-state index contributed by atoms with van der Waals surface area (Å²) in [5, 5.41) is 3.64. The lowest BCUT2D eigenvalue weighted by Crippen LogP contribution is -2.25. The molecule has 26 heavy (non-hydrogen) atoms. The maximum atomic E-state index is 12.2. The molecule has 0 spiro atoms. The second kappa shape index (κ2) is 8.89. The molecule has 0 fully saturated rings. The van der Waals surface area contributed by atoms with E-state index in [1.54, 1.807) is 12.1 Å². The van der Waals surface area contributed by atoms with Crippen molar-refractivity contribution in [1.82, 2.24) is 5.32 Å². The molecule has 0 saturated carbocycles. The van der Waals surface area contributed by atoms with Crippen molar-refractivity contribution in [3.8, 4) is 11.8 Å². The molecule has 3 aromatic carbocycles. The Morgan fingerprint density at radius 2 is 1.42 bits per heavy atom. The maximum absolute atomic E-state index is 12.2. The zero-order valence-corrected chi connectivity index (χ0v) is 15.0. The highest BCUT2D eigenvalue weighted by Crippen LogP contribution is 2.14. The van der Waals surface area contributed by atoms with E-state index in [4.69, 9.17) is 11.6 Å². The lowest BCUT2D eigenvalue weighted by atomic mass is 10.1. The van der Waals surface area contributed by atoms with Crippen molar-refractivity contribution in [2.75, 3.05) is 6.54 Å². The number of hydrogen-bond acceptors (Lipinski definition) is 1. The quantitative estimate of drug-likeness (QED) is 0.671. The van der Waals surface area contributed by atoms with Crippen LogP contribution in [0.25, 0.3) is 0 Å². The van der Waals surface area contributed by atoms with Crippen molar-refractivity contribution in [1.29, 1.82) is 0 Å². The van der Waals surface area contributed by atoms with E-state index in [9.17, 15) is 4.79 Å². The fourth-order valence-electron chi connectivity index (χ4n) is 2.48. The largest absolute Gasteiger partial charge is 0.352 e. The maximum Gasteiger partial charge on any atom is 0.251 e. The van der Waals surface area contributed by atoms with Crippen LogP contribution in [-0.2, 0) is 6.42 Å². The Morgan fingerprint density at radius 3 is 2.12 bits per heavy atom. The summed E-state index contributed by atoms with van der Waals surface area (Å²) in [7, 11) is 0. The average molecular weight is 360 g/mol. The SMILES string of the molecule is O=C(NCCc1ccccc1Cl)c1ccc(C#Cc2ccccc2)cc1. The molecule has 0 aliphatic heterocycles. The molecule has 0 aliphatic rings. The van der Waals surface area contributed by atoms with Gasteiger partial charge in [-0.15, -0.1) is 0 Å². The molecule has 128 valence electrons. The van der Waals surface area contributed by atoms with Crippen LogP contribution in [0.15, 0.2) is 78.9 Å². The van der Waals surface area contributed by atoms with Gasteiger partial charge in [0.1, 0.15) is 0 Å². The molecule has 0 bridgehead atoms. The van der Waals surface area contributed by atoms with Gasteiger partial charge in [0, 0.05) is 28.3 Å². The van der Waals surface area contributed by atoms with Crippen LogP contribution in [0.3, 0.4) is 0 Å². The smallest absolute Gasteiger partial charge is 0.251 e. The molecular formula is C23H18ClNO. The van der Waals surface area contributed by atoms with E-state index in [2.05, 4.69) is 17.2 Å². The fourth-order valence-corrected chi connectivity index (χ4v) is 2.71. The molecule has 0 aliphatic carbocycles. The Morgan fingerprint density at radius 1 is 0.808 bits per heavy atom. The molecule has 1 N–H and O–H groups in total. The Labute approximate surface area is 158 Å². The van der Waals surface area contributed by atoms with E-state index in [1.165, 1.54) is 0 Å². The Kier molecular flexibility index (Phi) is 6.09. The Bertz CT molecular complexity index is 937. The number of hydrogen-bond donors (Lipinski definition) is 1. The normalized spacial score (nSPS) is 9.88. The molecule has 3 aromatic rings. The van der Waals surface area contributed by atoms with Crippen LogP contribution in [0.5, 0.6) is 0 Å². The highest BCUT2D eigenvalue weighted by molar-refractivity contribution is 6.31. The molecule has 0 heterocycles. The predicted octanol–water partition coefficient (Wildman–Crippen LogP) is 4.71. The monoisotopic (exact) mass is 359 g/mol. The highest BCUT2D eigenvalue weighted by atomic mass is 35.5. The van der Waals surface area contributed by atoms with Gasteiger partial charge >= 0.3 is 0 Å². The third kappa shape index (κ3) is 4.99. The van der Waals surface area contributed by atoms with Gasteiger partial charge in [0.05, 0.1) is 0 Å². The average Bonchev–Trinajstić information content (AvgIpc) is 2.69. The van der Waals surface area contributed by atoms with Crippen LogP contribution < -0.4 is 5.32 Å². The number of carbonyl (C=O) groups is 1. The van der Waals surface area contributed by atoms with E-state index in [0.717, 1.165) is 21.7 Å². The van der Waals surface area contributed by atoms with E-state index >= 15 is 0 Å². The van der Waals surface area contributed by atoms with Gasteiger partial charge in [0.25, 0.3) is 5.91 Å². The Balaban J connectivity index is 1.55. The number of benzene rings is 3. The second-order valence-corrected chi connectivity index (χ2v) is 6.20. The number of carbonyl (C=O) groups excluding carboxylic acids is 1. The van der Waals surface area contributed by atoms with Gasteiger partial charge in [-0.05, 0) is 54.4 Å². The minimum Gasteiger partial charge on any atom is -0.352 e. The number of nitrogens with one attached hydrogen (secondary N) is 1. The van der Waals surface area contributed by atoms with E-state index < -0.39 is 0 Å². The standard InChI is InChI=1S/C23H18ClNO/c24-22-9-5-4-8-20(22)16-17-25-23(26)21-14-12-19(13-15-21)11-10-18-6-2-1-3-7-18/h1-9,12-15H,16-17H2,(H,25,26). The van der Waals surface area contributed by atoms with Crippen LogP contribution >= 0.6 is 11.6 Å². The number of rotatable bonds is 4. The molecule has 3 heteroatoms. The number of halogens is 1. The van der Waals surface area contributed by atoms with Crippen LogP contribution in [-0.4, -0.2) is 12.5 Å². The zero-order valence-electron chi connectivity index (χ0n) is 14.2. The van der Waals surface area contributed by atoms with Gasteiger partial charge in [-0.25, -0.2) is 0 Å². The molecular weight excluding hydrogens is 342 g/mol. The van der Waals surface area contributed by atoms with Gasteiger partial charge in [0.15, 0.2) is 0 Å². The molecule has 0 aromatic heterocycles. The first kappa shape index (κ1) is 17.8. The Hall–Kier alpha value is -3.02. The lowest BCUT2D eigenvalue weighted by molar-refractivity contribution is 0.0954. The van der Waals surface area contributed by atoms with Crippen molar-refractivity contribution in [2.24, 2.45) is 0 Å². The minimum atomic E-state index is -0.0976. The van der Waals surface area contributed by atoms with Gasteiger partial charge in [0.2, 0.25) is 0 Å². The summed E-state index contributed by atoms with van der Waals surface area (Å²) < 4.78 is 0. The first-order valence-electron chi connectivity index (χ1n) is 8.41. The van der Waals surface area contributed by atoms with Crippen molar-refractivity contribution < 1.29 is 4.79 Å². The summed E-state index contributed by atoms with van der Waals surface area (Å²) in [4.78, 5) is 12.2. The first-order chi connectivity index (χ1) is 12.7. The van der Waals surface area contributed by atoms with Crippen LogP contribution in [0.1, 0.15) is 27.0 Å². The summed E-state index contributed by atoms with van der Waals surface area (Å²) in [5.41, 5.74) is 3.49. The number of amides is 1. The van der Waals surface area contributed by atoms with Gasteiger partial charge < -0.3 is 5.32 Å². The fraction of sp³-hybridized carbons (Fsp3) is 0.0870. The van der Waals surface area contributed by atoms with Crippen molar-refractivity contribution in [2.45, 2.75) is 6.42 Å². The molecule has 1 amide bonds. The third-order valence-corrected chi connectivity index (χ3v) is 4.28. The van der Waals surface area contributed by atoms with Gasteiger partial charge in [-0.2, -0.15) is 0 Å². The molecule has 3 rings (SSSR count). The minimum absolute atomic E-state index is 0.0976. The topological polar surface area (TPSA) is 29.1 Å². The van der Waals surface area contributed by atoms with Crippen LogP contribution in [0.4, 0.5) is 0 Å². The molecule has 2 nitrogen and oxygen atoms in total. The molecule has 0 radical (unpaired) electrons.